The van der Waals surface area contributed by atoms with Crippen molar-refractivity contribution in [1.29, 1.82) is 0 Å². The molecular formula is C10H12N5O+. The van der Waals surface area contributed by atoms with Crippen molar-refractivity contribution in [3.8, 4) is 0 Å². The van der Waals surface area contributed by atoms with Crippen LogP contribution in [0.1, 0.15) is 5.56 Å². The molecular weight excluding hydrogens is 206 g/mol. The summed E-state index contributed by atoms with van der Waals surface area (Å²) in [5, 5.41) is 4.92. The van der Waals surface area contributed by atoms with E-state index in [1.54, 1.807) is 13.4 Å². The van der Waals surface area contributed by atoms with Gasteiger partial charge in [0.15, 0.2) is 12.0 Å². The lowest BCUT2D eigenvalue weighted by atomic mass is 10.1. The van der Waals surface area contributed by atoms with Gasteiger partial charge in [-0.2, -0.15) is 9.98 Å². The minimum Gasteiger partial charge on any atom is -0.387 e. The summed E-state index contributed by atoms with van der Waals surface area (Å²) in [7, 11) is 1.79. The molecule has 1 aromatic carbocycles. The van der Waals surface area contributed by atoms with Gasteiger partial charge in [0.25, 0.3) is 0 Å². The molecule has 0 saturated carbocycles. The summed E-state index contributed by atoms with van der Waals surface area (Å²) in [5.41, 5.74) is 9.05. The van der Waals surface area contributed by atoms with Gasteiger partial charge in [0, 0.05) is 18.7 Å². The number of nitrogens with zero attached hydrogens (tertiary/aromatic N) is 2. The smallest absolute Gasteiger partial charge is 0.234 e. The fourth-order valence-electron chi connectivity index (χ4n) is 1.59. The highest BCUT2D eigenvalue weighted by molar-refractivity contribution is 6.06. The van der Waals surface area contributed by atoms with E-state index in [0.29, 0.717) is 12.0 Å². The van der Waals surface area contributed by atoms with Gasteiger partial charge in [0.2, 0.25) is 6.41 Å². The van der Waals surface area contributed by atoms with Crippen molar-refractivity contribution in [2.24, 2.45) is 15.7 Å². The maximum atomic E-state index is 10.3. The number of nitrogens with two attached hydrogens (primary N) is 2. The first-order valence-electron chi connectivity index (χ1n) is 4.76. The fraction of sp³-hybridized carbons (Fsp3) is 0.100. The van der Waals surface area contributed by atoms with E-state index in [2.05, 4.69) is 15.3 Å². The van der Waals surface area contributed by atoms with Crippen LogP contribution in [0.25, 0.3) is 0 Å². The highest BCUT2D eigenvalue weighted by atomic mass is 16.1. The number of carbonyl (C=O) groups excluding carboxylic acids is 1. The third-order valence-electron chi connectivity index (χ3n) is 2.37. The highest BCUT2D eigenvalue weighted by Crippen LogP contribution is 2.29. The van der Waals surface area contributed by atoms with Gasteiger partial charge in [0.05, 0.1) is 5.69 Å². The Morgan fingerprint density at radius 3 is 3.12 bits per heavy atom. The summed E-state index contributed by atoms with van der Waals surface area (Å²) in [5.74, 6) is 0.184. The van der Waals surface area contributed by atoms with E-state index in [1.807, 2.05) is 17.4 Å². The summed E-state index contributed by atoms with van der Waals surface area (Å²) in [6, 6.07) is 3.73. The summed E-state index contributed by atoms with van der Waals surface area (Å²) in [6.07, 6.45) is 2.15. The van der Waals surface area contributed by atoms with Crippen molar-refractivity contribution in [2.45, 2.75) is 0 Å². The molecule has 6 heteroatoms. The second-order valence-corrected chi connectivity index (χ2v) is 3.27. The fourth-order valence-corrected chi connectivity index (χ4v) is 1.59. The first kappa shape index (κ1) is 10.3. The van der Waals surface area contributed by atoms with E-state index in [-0.39, 0.29) is 5.84 Å². The Morgan fingerprint density at radius 2 is 2.44 bits per heavy atom. The molecule has 0 aliphatic carbocycles. The van der Waals surface area contributed by atoms with Gasteiger partial charge in [0.1, 0.15) is 11.5 Å². The van der Waals surface area contributed by atoms with Gasteiger partial charge in [-0.1, -0.05) is 0 Å². The third-order valence-corrected chi connectivity index (χ3v) is 2.37. The van der Waals surface area contributed by atoms with Crippen LogP contribution in [0.2, 0.25) is 0 Å². The molecule has 2 rings (SSSR count). The minimum absolute atomic E-state index is 0.184. The van der Waals surface area contributed by atoms with E-state index in [4.69, 9.17) is 5.73 Å². The van der Waals surface area contributed by atoms with Crippen LogP contribution in [0.5, 0.6) is 0 Å². The summed E-state index contributed by atoms with van der Waals surface area (Å²) in [4.78, 5) is 18.0. The lowest BCUT2D eigenvalue weighted by Gasteiger charge is -2.08. The third kappa shape index (κ3) is 1.66. The van der Waals surface area contributed by atoms with Crippen molar-refractivity contribution in [3.05, 3.63) is 17.7 Å². The van der Waals surface area contributed by atoms with Crippen LogP contribution < -0.4 is 16.4 Å². The normalized spacial score (nSPS) is 13.7. The molecule has 0 bridgehead atoms. The molecule has 1 aliphatic rings. The molecule has 0 aromatic heterocycles. The first-order chi connectivity index (χ1) is 7.76. The number of carbonyl (C=O) groups is 1. The Morgan fingerprint density at radius 1 is 1.62 bits per heavy atom. The molecule has 6 nitrogen and oxygen atoms in total. The second-order valence-electron chi connectivity index (χ2n) is 3.27. The Kier molecular flexibility index (Phi) is 2.65. The average molecular weight is 218 g/mol. The van der Waals surface area contributed by atoms with Crippen LogP contribution in [0, 0.1) is 0 Å². The lowest BCUT2D eigenvalue weighted by Crippen LogP contribution is -2.74. The van der Waals surface area contributed by atoms with E-state index in [1.165, 1.54) is 0 Å². The number of hydrogen-bond acceptors (Lipinski definition) is 3. The number of amidine groups is 1. The Hall–Kier alpha value is -2.21. The molecule has 1 heterocycles. The Balaban J connectivity index is 2.55. The predicted molar refractivity (Wildman–Crippen MR) is 62.5 cm³/mol. The van der Waals surface area contributed by atoms with Gasteiger partial charge in [-0.15, -0.1) is 0 Å². The monoisotopic (exact) mass is 218 g/mol. The zero-order valence-electron chi connectivity index (χ0n) is 8.77. The van der Waals surface area contributed by atoms with E-state index in [9.17, 15) is 4.79 Å². The number of fused-ring (bicyclic) bond motifs is 1. The molecule has 5 N–H and O–H groups in total. The van der Waals surface area contributed by atoms with Crippen LogP contribution in [0.4, 0.5) is 17.1 Å². The van der Waals surface area contributed by atoms with Crippen LogP contribution >= 0.6 is 0 Å². The molecule has 0 radical (unpaired) electrons. The Labute approximate surface area is 92.3 Å². The number of hydrogen-bond donors (Lipinski definition) is 3. The summed E-state index contributed by atoms with van der Waals surface area (Å²) in [6.45, 7) is 0. The topological polar surface area (TPSA) is 96.4 Å². The molecule has 1 aromatic rings. The molecule has 0 fully saturated rings. The van der Waals surface area contributed by atoms with Crippen molar-refractivity contribution in [2.75, 3.05) is 12.4 Å². The molecule has 1 amide bonds. The van der Waals surface area contributed by atoms with E-state index >= 15 is 0 Å². The predicted octanol–water partition coefficient (Wildman–Crippen LogP) is -0.542. The van der Waals surface area contributed by atoms with Gasteiger partial charge in [-0.05, 0) is 6.07 Å². The maximum absolute atomic E-state index is 10.3. The van der Waals surface area contributed by atoms with Crippen LogP contribution in [-0.4, -0.2) is 25.6 Å². The van der Waals surface area contributed by atoms with Crippen molar-refractivity contribution < 1.29 is 10.1 Å². The Bertz CT molecular complexity index is 492. The molecule has 0 spiro atoms. The average Bonchev–Trinajstić information content (AvgIpc) is 2.74. The maximum Gasteiger partial charge on any atom is 0.234 e. The number of quaternary nitrogens is 1. The van der Waals surface area contributed by atoms with Crippen LogP contribution in [-0.2, 0) is 4.79 Å². The number of nitrogens with one attached hydrogen (secondary N) is 1. The van der Waals surface area contributed by atoms with Crippen molar-refractivity contribution >= 4 is 35.6 Å². The number of amides is 1. The number of anilines is 1. The van der Waals surface area contributed by atoms with Crippen molar-refractivity contribution in [3.63, 3.8) is 0 Å². The quantitative estimate of drug-likeness (QED) is 0.275. The summed E-state index contributed by atoms with van der Waals surface area (Å²) < 4.78 is 0. The summed E-state index contributed by atoms with van der Waals surface area (Å²) >= 11 is 0. The number of rotatable bonds is 3. The lowest BCUT2D eigenvalue weighted by molar-refractivity contribution is -0.427. The number of aliphatic imine (C=N–C) groups is 2. The van der Waals surface area contributed by atoms with Crippen LogP contribution in [0.3, 0.4) is 0 Å². The highest BCUT2D eigenvalue weighted by Gasteiger charge is 2.16. The SMILES string of the molecule is CNc1cc2c(cc1C(N)=NC=O)N=C[NH2+]2. The van der Waals surface area contributed by atoms with Gasteiger partial charge < -0.3 is 11.1 Å². The van der Waals surface area contributed by atoms with Crippen LogP contribution in [0.15, 0.2) is 22.1 Å². The minimum atomic E-state index is 0.184. The molecule has 0 saturated heterocycles. The van der Waals surface area contributed by atoms with Gasteiger partial charge in [-0.25, -0.2) is 0 Å². The zero-order valence-corrected chi connectivity index (χ0v) is 8.77. The second kappa shape index (κ2) is 4.11. The molecule has 0 atom stereocenters. The van der Waals surface area contributed by atoms with E-state index < -0.39 is 0 Å². The van der Waals surface area contributed by atoms with E-state index in [0.717, 1.165) is 17.1 Å². The zero-order chi connectivity index (χ0) is 11.5. The number of benzene rings is 1. The standard InChI is InChI=1S/C10H11N5O/c1-12-7-3-9-8(13-4-14-9)2-6(7)10(11)15-5-16/h2-5,12H,1H3,(H,13,14)(H2,11,15,16)/p+1. The largest absolute Gasteiger partial charge is 0.387 e. The van der Waals surface area contributed by atoms with Gasteiger partial charge in [-0.3, -0.25) is 10.1 Å². The first-order valence-corrected chi connectivity index (χ1v) is 4.76. The molecule has 16 heavy (non-hydrogen) atoms. The molecule has 1 aliphatic heterocycles. The molecule has 0 unspecified atom stereocenters. The molecule has 82 valence electrons. The van der Waals surface area contributed by atoms with Crippen molar-refractivity contribution in [1.82, 2.24) is 0 Å². The van der Waals surface area contributed by atoms with Gasteiger partial charge >= 0.3 is 0 Å².